The average Bonchev–Trinajstić information content (AvgIpc) is 2.97. The molecule has 0 atom stereocenters. The molecule has 0 bridgehead atoms. The number of para-hydroxylation sites is 2. The Kier molecular flexibility index (Phi) is 3.51. The van der Waals surface area contributed by atoms with E-state index >= 15 is 0 Å². The Balaban J connectivity index is 1.75. The van der Waals surface area contributed by atoms with Gasteiger partial charge in [0.2, 0.25) is 5.10 Å². The van der Waals surface area contributed by atoms with Crippen LogP contribution in [0.15, 0.2) is 24.3 Å². The predicted octanol–water partition coefficient (Wildman–Crippen LogP) is 0.00930. The molecule has 0 saturated carbocycles. The van der Waals surface area contributed by atoms with Crippen molar-refractivity contribution < 1.29 is 9.58 Å². The van der Waals surface area contributed by atoms with Gasteiger partial charge < -0.3 is 15.3 Å². The molecule has 1 aromatic carbocycles. The molecular weight excluding hydrogens is 258 g/mol. The Morgan fingerprint density at radius 2 is 1.85 bits per heavy atom. The van der Waals surface area contributed by atoms with Gasteiger partial charge >= 0.3 is 5.95 Å². The zero-order valence-corrected chi connectivity index (χ0v) is 11.2. The molecule has 2 heterocycles. The molecule has 1 aromatic heterocycles. The molecule has 1 aliphatic heterocycles. The fraction of sp³-hybridized carbons (Fsp3) is 0.462. The largest absolute Gasteiger partial charge is 0.739 e. The van der Waals surface area contributed by atoms with Crippen molar-refractivity contribution in [2.75, 3.05) is 31.5 Å². The van der Waals surface area contributed by atoms with Crippen LogP contribution in [0.3, 0.4) is 0 Å². The molecule has 20 heavy (non-hydrogen) atoms. The van der Waals surface area contributed by atoms with Gasteiger partial charge in [-0.25, -0.2) is 4.73 Å². The van der Waals surface area contributed by atoms with Crippen LogP contribution in [0.1, 0.15) is 12.8 Å². The fourth-order valence-electron chi connectivity index (χ4n) is 2.53. The van der Waals surface area contributed by atoms with Crippen LogP contribution in [0.25, 0.3) is 11.0 Å². The first-order valence-electron chi connectivity index (χ1n) is 6.84. The van der Waals surface area contributed by atoms with Crippen LogP contribution < -0.4 is 14.9 Å². The highest BCUT2D eigenvalue weighted by molar-refractivity contribution is 5.67. The van der Waals surface area contributed by atoms with Gasteiger partial charge in [0.05, 0.1) is 6.54 Å². The third-order valence-corrected chi connectivity index (χ3v) is 3.59. The van der Waals surface area contributed by atoms with E-state index in [1.165, 1.54) is 12.8 Å². The number of likely N-dealkylation sites (tertiary alicyclic amines) is 1. The van der Waals surface area contributed by atoms with Crippen LogP contribution in [0.2, 0.25) is 0 Å². The lowest BCUT2D eigenvalue weighted by Crippen LogP contribution is -2.44. The smallest absolute Gasteiger partial charge is 0.461 e. The van der Waals surface area contributed by atoms with Crippen molar-refractivity contribution in [1.82, 2.24) is 10.00 Å². The molecule has 1 fully saturated rings. The highest BCUT2D eigenvalue weighted by Crippen LogP contribution is 2.07. The molecular formula is C13H17N5O2. The zero-order valence-electron chi connectivity index (χ0n) is 11.2. The highest BCUT2D eigenvalue weighted by Gasteiger charge is 2.19. The van der Waals surface area contributed by atoms with E-state index in [1.54, 1.807) is 24.3 Å². The first-order valence-corrected chi connectivity index (χ1v) is 6.84. The van der Waals surface area contributed by atoms with E-state index in [2.05, 4.69) is 15.3 Å². The van der Waals surface area contributed by atoms with Gasteiger partial charge in [-0.3, -0.25) is 5.32 Å². The van der Waals surface area contributed by atoms with Gasteiger partial charge in [0.15, 0.2) is 5.52 Å². The van der Waals surface area contributed by atoms with Gasteiger partial charge in [-0.2, -0.15) is 0 Å². The highest BCUT2D eigenvalue weighted by atomic mass is 16.5. The molecule has 1 saturated heterocycles. The van der Waals surface area contributed by atoms with Crippen LogP contribution in [0, 0.1) is 10.4 Å². The van der Waals surface area contributed by atoms with Gasteiger partial charge in [0.1, 0.15) is 0 Å². The molecule has 0 unspecified atom stereocenters. The van der Waals surface area contributed by atoms with Crippen LogP contribution in [0.4, 0.5) is 5.95 Å². The summed E-state index contributed by atoms with van der Waals surface area (Å²) in [4.78, 5) is 2.82. The van der Waals surface area contributed by atoms with Crippen LogP contribution >= 0.6 is 0 Å². The number of aromatic nitrogens is 3. The lowest BCUT2D eigenvalue weighted by molar-refractivity contribution is -0.672. The van der Waals surface area contributed by atoms with E-state index < -0.39 is 0 Å². The summed E-state index contributed by atoms with van der Waals surface area (Å²) in [5.41, 5.74) is 0.591. The van der Waals surface area contributed by atoms with Crippen molar-refractivity contribution in [3.8, 4) is 0 Å². The number of hydrogen-bond donors (Lipinski definition) is 1. The van der Waals surface area contributed by atoms with E-state index in [0.717, 1.165) is 19.6 Å². The number of nitrogens with zero attached hydrogens (tertiary/aromatic N) is 4. The number of benzene rings is 1. The van der Waals surface area contributed by atoms with E-state index in [-0.39, 0.29) is 11.5 Å². The Bertz CT molecular complexity index is 613. The van der Waals surface area contributed by atoms with Crippen LogP contribution in [0.5, 0.6) is 0 Å². The van der Waals surface area contributed by atoms with Crippen molar-refractivity contribution in [3.63, 3.8) is 0 Å². The topological polar surface area (TPSA) is 82.0 Å². The van der Waals surface area contributed by atoms with Crippen molar-refractivity contribution >= 4 is 17.0 Å². The Labute approximate surface area is 116 Å². The summed E-state index contributed by atoms with van der Waals surface area (Å²) in [6.45, 7) is 3.67. The SMILES string of the molecule is [O-][n+]1nc(NCCN2CCCC2)[n+]([O-])c2ccccc21. The van der Waals surface area contributed by atoms with Gasteiger partial charge in [0.25, 0.3) is 5.52 Å². The van der Waals surface area contributed by atoms with Crippen molar-refractivity contribution in [2.45, 2.75) is 12.8 Å². The van der Waals surface area contributed by atoms with Crippen LogP contribution in [-0.2, 0) is 0 Å². The Morgan fingerprint density at radius 1 is 1.15 bits per heavy atom. The molecule has 0 aliphatic carbocycles. The van der Waals surface area contributed by atoms with Gasteiger partial charge in [-0.15, -0.1) is 0 Å². The zero-order chi connectivity index (χ0) is 13.9. The minimum Gasteiger partial charge on any atom is -0.739 e. The molecule has 1 aliphatic rings. The molecule has 106 valence electrons. The molecule has 0 spiro atoms. The summed E-state index contributed by atoms with van der Waals surface area (Å²) >= 11 is 0. The number of hydrogen-bond acceptors (Lipinski definition) is 5. The lowest BCUT2D eigenvalue weighted by atomic mass is 10.3. The molecule has 7 nitrogen and oxygen atoms in total. The van der Waals surface area contributed by atoms with E-state index in [0.29, 0.717) is 21.6 Å². The number of anilines is 1. The second-order valence-corrected chi connectivity index (χ2v) is 4.96. The Hall–Kier alpha value is -2.15. The minimum atomic E-state index is 0.0536. The van der Waals surface area contributed by atoms with E-state index in [1.807, 2.05) is 0 Å². The number of rotatable bonds is 4. The number of nitrogens with one attached hydrogen (secondary N) is 1. The Morgan fingerprint density at radius 3 is 2.60 bits per heavy atom. The summed E-state index contributed by atoms with van der Waals surface area (Å²) in [5, 5.41) is 30.6. The quantitative estimate of drug-likeness (QED) is 0.628. The standard InChI is InChI=1S/C13H17N5O2/c19-17-11-5-1-2-6-12(11)18(20)15-13(17)14-7-10-16-8-3-4-9-16/h1-2,5-6H,3-4,7-10H2,(H,14,15). The minimum absolute atomic E-state index is 0.0536. The maximum atomic E-state index is 12.1. The third kappa shape index (κ3) is 2.44. The maximum absolute atomic E-state index is 12.1. The second kappa shape index (κ2) is 5.46. The van der Waals surface area contributed by atoms with Gasteiger partial charge in [-0.05, 0) is 32.0 Å². The first-order chi connectivity index (χ1) is 9.75. The van der Waals surface area contributed by atoms with E-state index in [9.17, 15) is 10.4 Å². The summed E-state index contributed by atoms with van der Waals surface area (Å²) in [5.74, 6) is 0.0536. The molecule has 7 heteroatoms. The average molecular weight is 275 g/mol. The molecule has 1 N–H and O–H groups in total. The summed E-state index contributed by atoms with van der Waals surface area (Å²) in [6, 6.07) is 6.63. The summed E-state index contributed by atoms with van der Waals surface area (Å²) in [6.07, 6.45) is 2.46. The van der Waals surface area contributed by atoms with Crippen molar-refractivity contribution in [2.24, 2.45) is 0 Å². The lowest BCUT2D eigenvalue weighted by Gasteiger charge is -2.14. The monoisotopic (exact) mass is 275 g/mol. The molecule has 2 aromatic rings. The van der Waals surface area contributed by atoms with Crippen molar-refractivity contribution in [1.29, 1.82) is 0 Å². The summed E-state index contributed by atoms with van der Waals surface area (Å²) < 4.78 is 0.674. The molecule has 0 radical (unpaired) electrons. The van der Waals surface area contributed by atoms with Crippen LogP contribution in [-0.4, -0.2) is 36.2 Å². The first kappa shape index (κ1) is 12.9. The fourth-order valence-corrected chi connectivity index (χ4v) is 2.53. The summed E-state index contributed by atoms with van der Waals surface area (Å²) in [7, 11) is 0. The van der Waals surface area contributed by atoms with Gasteiger partial charge in [-0.1, -0.05) is 12.1 Å². The van der Waals surface area contributed by atoms with E-state index in [4.69, 9.17) is 0 Å². The molecule has 3 rings (SSSR count). The second-order valence-electron chi connectivity index (χ2n) is 4.96. The van der Waals surface area contributed by atoms with Crippen molar-refractivity contribution in [3.05, 3.63) is 34.7 Å². The number of fused-ring (bicyclic) bond motifs is 1. The maximum Gasteiger partial charge on any atom is 0.461 e. The normalized spacial score (nSPS) is 15.8. The third-order valence-electron chi connectivity index (χ3n) is 3.59. The molecule has 0 amide bonds. The predicted molar refractivity (Wildman–Crippen MR) is 73.8 cm³/mol. The van der Waals surface area contributed by atoms with Gasteiger partial charge in [0, 0.05) is 17.5 Å².